The fourth-order valence-corrected chi connectivity index (χ4v) is 2.70. The van der Waals surface area contributed by atoms with Gasteiger partial charge in [-0.3, -0.25) is 4.79 Å². The number of hydrogen-bond acceptors (Lipinski definition) is 5. The van der Waals surface area contributed by atoms with Crippen LogP contribution in [0.2, 0.25) is 0 Å². The lowest BCUT2D eigenvalue weighted by molar-refractivity contribution is 0.0799. The van der Waals surface area contributed by atoms with Gasteiger partial charge in [-0.15, -0.1) is 11.3 Å². The van der Waals surface area contributed by atoms with Gasteiger partial charge >= 0.3 is 0 Å². The zero-order chi connectivity index (χ0) is 13.8. The molecule has 0 spiro atoms. The van der Waals surface area contributed by atoms with Gasteiger partial charge in [0.15, 0.2) is 0 Å². The fraction of sp³-hybridized carbons (Fsp3) is 0.154. The van der Waals surface area contributed by atoms with Gasteiger partial charge in [0.2, 0.25) is 0 Å². The molecule has 0 saturated heterocycles. The smallest absolute Gasteiger partial charge is 0.265 e. The lowest BCUT2D eigenvalue weighted by Gasteiger charge is -2.13. The fourth-order valence-electron chi connectivity index (χ4n) is 1.69. The average molecular weight is 270 g/mol. The summed E-state index contributed by atoms with van der Waals surface area (Å²) in [7, 11) is 0. The molecule has 5 nitrogen and oxygen atoms in total. The number of carbonyl (C=O) groups excluding carboxylic acids is 1. The molecule has 19 heavy (non-hydrogen) atoms. The number of nitrogens with two attached hydrogens (primary N) is 1. The minimum Gasteiger partial charge on any atom is -0.399 e. The molecule has 0 aliphatic rings. The van der Waals surface area contributed by atoms with Gasteiger partial charge in [0.1, 0.15) is 13.1 Å². The number of rotatable bonds is 3. The Hall–Kier alpha value is -2.57. The number of fused-ring (bicyclic) bond motifs is 1. The van der Waals surface area contributed by atoms with Crippen molar-refractivity contribution in [2.75, 3.05) is 18.8 Å². The highest BCUT2D eigenvalue weighted by Gasteiger charge is 2.17. The highest BCUT2D eigenvalue weighted by atomic mass is 32.1. The molecule has 0 unspecified atom stereocenters. The standard InChI is InChI=1S/C13H10N4OS/c14-3-5-17(6-4-15)13(18)12-8-9-7-10(16)1-2-11(9)19-12/h1-2,7-8H,5-6,16H2. The van der Waals surface area contributed by atoms with Gasteiger partial charge in [-0.1, -0.05) is 0 Å². The summed E-state index contributed by atoms with van der Waals surface area (Å²) < 4.78 is 0.950. The van der Waals surface area contributed by atoms with Gasteiger partial charge < -0.3 is 10.6 Å². The highest BCUT2D eigenvalue weighted by molar-refractivity contribution is 7.20. The monoisotopic (exact) mass is 270 g/mol. The molecule has 1 heterocycles. The van der Waals surface area contributed by atoms with E-state index in [2.05, 4.69) is 0 Å². The van der Waals surface area contributed by atoms with Crippen molar-refractivity contribution in [3.05, 3.63) is 29.1 Å². The Morgan fingerprint density at radius 2 is 1.95 bits per heavy atom. The number of benzene rings is 1. The quantitative estimate of drug-likeness (QED) is 0.681. The topological polar surface area (TPSA) is 93.9 Å². The number of nitrogen functional groups attached to an aromatic ring is 1. The maximum atomic E-state index is 12.2. The van der Waals surface area contributed by atoms with Gasteiger partial charge in [0, 0.05) is 10.4 Å². The van der Waals surface area contributed by atoms with E-state index < -0.39 is 0 Å². The molecule has 0 atom stereocenters. The number of nitriles is 2. The van der Waals surface area contributed by atoms with Crippen LogP contribution >= 0.6 is 11.3 Å². The first kappa shape index (κ1) is 12.9. The van der Waals surface area contributed by atoms with Crippen LogP contribution in [0.4, 0.5) is 5.69 Å². The van der Waals surface area contributed by atoms with Crippen LogP contribution in [0.3, 0.4) is 0 Å². The summed E-state index contributed by atoms with van der Waals surface area (Å²) in [5.41, 5.74) is 6.32. The van der Waals surface area contributed by atoms with Crippen molar-refractivity contribution >= 4 is 33.0 Å². The van der Waals surface area contributed by atoms with Gasteiger partial charge in [-0.25, -0.2) is 0 Å². The molecule has 0 aliphatic heterocycles. The summed E-state index contributed by atoms with van der Waals surface area (Å²) in [6, 6.07) is 10.9. The number of anilines is 1. The van der Waals surface area contributed by atoms with E-state index in [1.165, 1.54) is 16.2 Å². The predicted molar refractivity (Wildman–Crippen MR) is 73.4 cm³/mol. The van der Waals surface area contributed by atoms with Crippen LogP contribution in [0.25, 0.3) is 10.1 Å². The number of thiophene rings is 1. The van der Waals surface area contributed by atoms with Gasteiger partial charge in [-0.05, 0) is 29.7 Å². The number of carbonyl (C=O) groups is 1. The van der Waals surface area contributed by atoms with Crippen LogP contribution in [-0.4, -0.2) is 23.9 Å². The number of hydrogen-bond donors (Lipinski definition) is 1. The van der Waals surface area contributed by atoms with Crippen LogP contribution in [-0.2, 0) is 0 Å². The molecule has 6 heteroatoms. The summed E-state index contributed by atoms with van der Waals surface area (Å²) in [6.07, 6.45) is 0. The Morgan fingerprint density at radius 1 is 1.26 bits per heavy atom. The predicted octanol–water partition coefficient (Wildman–Crippen LogP) is 1.97. The van der Waals surface area contributed by atoms with Crippen LogP contribution in [0.1, 0.15) is 9.67 Å². The van der Waals surface area contributed by atoms with Crippen molar-refractivity contribution in [2.24, 2.45) is 0 Å². The van der Waals surface area contributed by atoms with Gasteiger partial charge in [0.25, 0.3) is 5.91 Å². The Balaban J connectivity index is 2.35. The molecule has 2 N–H and O–H groups in total. The van der Waals surface area contributed by atoms with E-state index in [0.717, 1.165) is 10.1 Å². The first-order valence-electron chi connectivity index (χ1n) is 5.48. The second-order valence-corrected chi connectivity index (χ2v) is 4.97. The van der Waals surface area contributed by atoms with E-state index in [1.54, 1.807) is 18.2 Å². The molecule has 0 saturated carbocycles. The SMILES string of the molecule is N#CCN(CC#N)C(=O)c1cc2cc(N)ccc2s1. The van der Waals surface area contributed by atoms with E-state index in [1.807, 2.05) is 18.2 Å². The van der Waals surface area contributed by atoms with E-state index in [-0.39, 0.29) is 19.0 Å². The van der Waals surface area contributed by atoms with Crippen LogP contribution in [0, 0.1) is 22.7 Å². The molecule has 1 aromatic heterocycles. The molecule has 0 radical (unpaired) electrons. The first-order valence-corrected chi connectivity index (χ1v) is 6.29. The van der Waals surface area contributed by atoms with E-state index in [4.69, 9.17) is 16.3 Å². The third-order valence-electron chi connectivity index (χ3n) is 2.56. The van der Waals surface area contributed by atoms with Crippen molar-refractivity contribution in [1.82, 2.24) is 4.90 Å². The Labute approximate surface area is 114 Å². The van der Waals surface area contributed by atoms with Crippen LogP contribution in [0.5, 0.6) is 0 Å². The van der Waals surface area contributed by atoms with Crippen LogP contribution in [0.15, 0.2) is 24.3 Å². The van der Waals surface area contributed by atoms with Crippen molar-refractivity contribution in [3.63, 3.8) is 0 Å². The average Bonchev–Trinajstić information content (AvgIpc) is 2.80. The van der Waals surface area contributed by atoms with E-state index >= 15 is 0 Å². The molecule has 2 rings (SSSR count). The summed E-state index contributed by atoms with van der Waals surface area (Å²) in [4.78, 5) is 13.9. The molecule has 2 aromatic rings. The van der Waals surface area contributed by atoms with Crippen molar-refractivity contribution < 1.29 is 4.79 Å². The van der Waals surface area contributed by atoms with Crippen molar-refractivity contribution in [1.29, 1.82) is 10.5 Å². The van der Waals surface area contributed by atoms with Crippen LogP contribution < -0.4 is 5.73 Å². The molecule has 94 valence electrons. The maximum Gasteiger partial charge on any atom is 0.265 e. The van der Waals surface area contributed by atoms with E-state index in [0.29, 0.717) is 10.6 Å². The largest absolute Gasteiger partial charge is 0.399 e. The number of nitrogens with zero attached hydrogens (tertiary/aromatic N) is 3. The van der Waals surface area contributed by atoms with E-state index in [9.17, 15) is 4.79 Å². The summed E-state index contributed by atoms with van der Waals surface area (Å²) >= 11 is 1.33. The summed E-state index contributed by atoms with van der Waals surface area (Å²) in [5.74, 6) is -0.303. The van der Waals surface area contributed by atoms with Gasteiger partial charge in [-0.2, -0.15) is 10.5 Å². The maximum absolute atomic E-state index is 12.2. The second kappa shape index (κ2) is 5.38. The molecular formula is C13H10N4OS. The third kappa shape index (κ3) is 2.65. The zero-order valence-electron chi connectivity index (χ0n) is 9.96. The summed E-state index contributed by atoms with van der Waals surface area (Å²) in [6.45, 7) is -0.189. The molecular weight excluding hydrogens is 260 g/mol. The first-order chi connectivity index (χ1) is 9.15. The lowest BCUT2D eigenvalue weighted by Crippen LogP contribution is -2.31. The molecule has 0 aliphatic carbocycles. The lowest BCUT2D eigenvalue weighted by atomic mass is 10.2. The van der Waals surface area contributed by atoms with Crippen molar-refractivity contribution in [2.45, 2.75) is 0 Å². The van der Waals surface area contributed by atoms with Gasteiger partial charge in [0.05, 0.1) is 17.0 Å². The molecule has 0 bridgehead atoms. The molecule has 1 aromatic carbocycles. The number of amides is 1. The highest BCUT2D eigenvalue weighted by Crippen LogP contribution is 2.28. The Morgan fingerprint density at radius 3 is 2.58 bits per heavy atom. The second-order valence-electron chi connectivity index (χ2n) is 3.89. The third-order valence-corrected chi connectivity index (χ3v) is 3.67. The Bertz CT molecular complexity index is 691. The minimum absolute atomic E-state index is 0.0945. The molecule has 1 amide bonds. The normalized spacial score (nSPS) is 9.79. The van der Waals surface area contributed by atoms with Crippen molar-refractivity contribution in [3.8, 4) is 12.1 Å². The summed E-state index contributed by atoms with van der Waals surface area (Å²) in [5, 5.41) is 18.2. The molecule has 0 fully saturated rings. The Kier molecular flexibility index (Phi) is 3.65. The zero-order valence-corrected chi connectivity index (χ0v) is 10.8. The minimum atomic E-state index is -0.303.